The normalized spacial score (nSPS) is 18.1. The molecule has 3 heterocycles. The highest BCUT2D eigenvalue weighted by atomic mass is 35.5. The summed E-state index contributed by atoms with van der Waals surface area (Å²) < 4.78 is 5.55. The summed E-state index contributed by atoms with van der Waals surface area (Å²) in [6.45, 7) is 8.55. The van der Waals surface area contributed by atoms with E-state index in [1.165, 1.54) is 28.7 Å². The Labute approximate surface area is 174 Å². The number of aryl methyl sites for hydroxylation is 2. The van der Waals surface area contributed by atoms with Gasteiger partial charge in [0.2, 0.25) is 5.28 Å². The van der Waals surface area contributed by atoms with E-state index in [0.29, 0.717) is 24.9 Å². The maximum Gasteiger partial charge on any atom is 0.410 e. The minimum Gasteiger partial charge on any atom is -0.444 e. The molecule has 1 fully saturated rings. The van der Waals surface area contributed by atoms with E-state index in [0.717, 1.165) is 36.5 Å². The predicted molar refractivity (Wildman–Crippen MR) is 114 cm³/mol. The predicted octanol–water partition coefficient (Wildman–Crippen LogP) is 4.67. The van der Waals surface area contributed by atoms with Crippen LogP contribution in [0.2, 0.25) is 5.28 Å². The number of nitrogens with zero attached hydrogens (tertiary/aromatic N) is 4. The van der Waals surface area contributed by atoms with E-state index >= 15 is 0 Å². The van der Waals surface area contributed by atoms with E-state index in [-0.39, 0.29) is 6.09 Å². The first-order chi connectivity index (χ1) is 13.3. The number of halogens is 1. The summed E-state index contributed by atoms with van der Waals surface area (Å²) in [5.41, 5.74) is 0.927. The van der Waals surface area contributed by atoms with Crippen LogP contribution in [-0.2, 0) is 17.6 Å². The highest BCUT2D eigenvalue weighted by Gasteiger charge is 2.27. The first-order valence-electron chi connectivity index (χ1n) is 10.0. The molecule has 28 heavy (non-hydrogen) atoms. The van der Waals surface area contributed by atoms with Gasteiger partial charge in [-0.2, -0.15) is 4.98 Å². The van der Waals surface area contributed by atoms with Crippen molar-refractivity contribution in [2.75, 3.05) is 31.1 Å². The lowest BCUT2D eigenvalue weighted by Gasteiger charge is -2.27. The first-order valence-corrected chi connectivity index (χ1v) is 11.2. The number of carbonyl (C=O) groups is 1. The van der Waals surface area contributed by atoms with E-state index in [1.54, 1.807) is 16.2 Å². The van der Waals surface area contributed by atoms with Gasteiger partial charge < -0.3 is 14.5 Å². The van der Waals surface area contributed by atoms with Crippen LogP contribution < -0.4 is 4.90 Å². The molecular formula is C20H27ClN4O2S. The van der Waals surface area contributed by atoms with Crippen molar-refractivity contribution in [3.8, 4) is 0 Å². The molecule has 2 aliphatic rings. The van der Waals surface area contributed by atoms with Crippen molar-refractivity contribution in [1.29, 1.82) is 0 Å². The molecule has 1 aliphatic heterocycles. The summed E-state index contributed by atoms with van der Waals surface area (Å²) in [7, 11) is 0. The van der Waals surface area contributed by atoms with Crippen molar-refractivity contribution in [3.63, 3.8) is 0 Å². The Hall–Kier alpha value is -1.60. The van der Waals surface area contributed by atoms with Gasteiger partial charge in [-0.1, -0.05) is 0 Å². The first kappa shape index (κ1) is 19.7. The van der Waals surface area contributed by atoms with Crippen LogP contribution in [0, 0.1) is 0 Å². The number of rotatable bonds is 1. The Morgan fingerprint density at radius 2 is 1.86 bits per heavy atom. The standard InChI is InChI=1S/C20H27ClN4O2S/c1-20(2,3)27-19(26)25-10-6-9-24(11-12-25)16-15-13-7-4-5-8-14(13)28-17(15)23-18(21)22-16/h4-12H2,1-3H3. The molecule has 1 aliphatic carbocycles. The van der Waals surface area contributed by atoms with Gasteiger partial charge in [0.25, 0.3) is 0 Å². The number of hydrogen-bond donors (Lipinski definition) is 0. The lowest BCUT2D eigenvalue weighted by Crippen LogP contribution is -2.39. The van der Waals surface area contributed by atoms with Crippen molar-refractivity contribution in [2.24, 2.45) is 0 Å². The molecule has 1 saturated heterocycles. The van der Waals surface area contributed by atoms with Gasteiger partial charge in [-0.05, 0) is 70.0 Å². The van der Waals surface area contributed by atoms with Crippen LogP contribution in [0.4, 0.5) is 10.6 Å². The van der Waals surface area contributed by atoms with Crippen molar-refractivity contribution in [3.05, 3.63) is 15.7 Å². The summed E-state index contributed by atoms with van der Waals surface area (Å²) >= 11 is 8.03. The summed E-state index contributed by atoms with van der Waals surface area (Å²) in [5, 5.41) is 1.48. The van der Waals surface area contributed by atoms with Crippen LogP contribution in [-0.4, -0.2) is 52.7 Å². The van der Waals surface area contributed by atoms with Crippen molar-refractivity contribution in [2.45, 2.75) is 58.5 Å². The largest absolute Gasteiger partial charge is 0.444 e. The lowest BCUT2D eigenvalue weighted by atomic mass is 9.97. The maximum atomic E-state index is 12.5. The second kappa shape index (κ2) is 7.67. The van der Waals surface area contributed by atoms with Gasteiger partial charge in [0, 0.05) is 31.1 Å². The number of fused-ring (bicyclic) bond motifs is 3. The van der Waals surface area contributed by atoms with Crippen molar-refractivity contribution >= 4 is 45.1 Å². The topological polar surface area (TPSA) is 58.6 Å². The Morgan fingerprint density at radius 1 is 1.07 bits per heavy atom. The number of thiophene rings is 1. The van der Waals surface area contributed by atoms with Crippen LogP contribution in [0.1, 0.15) is 50.5 Å². The van der Waals surface area contributed by atoms with Crippen LogP contribution in [0.5, 0.6) is 0 Å². The number of anilines is 1. The third kappa shape index (κ3) is 4.06. The molecule has 0 unspecified atom stereocenters. The number of ether oxygens (including phenoxy) is 1. The van der Waals surface area contributed by atoms with Gasteiger partial charge in [-0.25, -0.2) is 9.78 Å². The molecular weight excluding hydrogens is 396 g/mol. The second-order valence-corrected chi connectivity index (χ2v) is 9.94. The molecule has 0 bridgehead atoms. The van der Waals surface area contributed by atoms with Crippen LogP contribution in [0.25, 0.3) is 10.2 Å². The zero-order chi connectivity index (χ0) is 19.9. The fourth-order valence-corrected chi connectivity index (χ4v) is 5.45. The summed E-state index contributed by atoms with van der Waals surface area (Å²) in [4.78, 5) is 28.1. The van der Waals surface area contributed by atoms with Crippen LogP contribution >= 0.6 is 22.9 Å². The minimum atomic E-state index is -0.481. The highest BCUT2D eigenvalue weighted by molar-refractivity contribution is 7.19. The Kier molecular flexibility index (Phi) is 5.40. The number of carbonyl (C=O) groups excluding carboxylic acids is 1. The van der Waals surface area contributed by atoms with Crippen molar-refractivity contribution in [1.82, 2.24) is 14.9 Å². The van der Waals surface area contributed by atoms with E-state index in [2.05, 4.69) is 14.9 Å². The molecule has 2 aromatic heterocycles. The number of amides is 1. The monoisotopic (exact) mass is 422 g/mol. The average Bonchev–Trinajstić information content (AvgIpc) is 2.81. The zero-order valence-corrected chi connectivity index (χ0v) is 18.3. The average molecular weight is 423 g/mol. The lowest BCUT2D eigenvalue weighted by molar-refractivity contribution is 0.0263. The number of hydrogen-bond acceptors (Lipinski definition) is 6. The fourth-order valence-electron chi connectivity index (χ4n) is 3.98. The van der Waals surface area contributed by atoms with Gasteiger partial charge in [-0.15, -0.1) is 11.3 Å². The molecule has 8 heteroatoms. The molecule has 1 amide bonds. The maximum absolute atomic E-state index is 12.5. The molecule has 0 saturated carbocycles. The second-order valence-electron chi connectivity index (χ2n) is 8.52. The zero-order valence-electron chi connectivity index (χ0n) is 16.8. The van der Waals surface area contributed by atoms with Gasteiger partial charge in [0.1, 0.15) is 16.2 Å². The van der Waals surface area contributed by atoms with Gasteiger partial charge in [-0.3, -0.25) is 0 Å². The Morgan fingerprint density at radius 3 is 2.64 bits per heavy atom. The SMILES string of the molecule is CC(C)(C)OC(=O)N1CCCN(c2nc(Cl)nc3sc4c(c23)CCCC4)CC1. The Bertz CT molecular complexity index is 892. The van der Waals surface area contributed by atoms with E-state index in [9.17, 15) is 4.79 Å². The third-order valence-electron chi connectivity index (χ3n) is 5.22. The minimum absolute atomic E-state index is 0.242. The Balaban J connectivity index is 1.60. The number of aromatic nitrogens is 2. The molecule has 0 N–H and O–H groups in total. The van der Waals surface area contributed by atoms with E-state index in [1.807, 2.05) is 20.8 Å². The summed E-state index contributed by atoms with van der Waals surface area (Å²) in [5.74, 6) is 0.931. The van der Waals surface area contributed by atoms with Crippen molar-refractivity contribution < 1.29 is 9.53 Å². The summed E-state index contributed by atoms with van der Waals surface area (Å²) in [6, 6.07) is 0. The molecule has 4 rings (SSSR count). The molecule has 2 aromatic rings. The molecule has 6 nitrogen and oxygen atoms in total. The smallest absolute Gasteiger partial charge is 0.410 e. The van der Waals surface area contributed by atoms with Gasteiger partial charge >= 0.3 is 6.09 Å². The van der Waals surface area contributed by atoms with E-state index in [4.69, 9.17) is 16.3 Å². The molecule has 0 spiro atoms. The van der Waals surface area contributed by atoms with Gasteiger partial charge in [0.05, 0.1) is 5.39 Å². The third-order valence-corrected chi connectivity index (χ3v) is 6.57. The quantitative estimate of drug-likeness (QED) is 0.625. The van der Waals surface area contributed by atoms with Gasteiger partial charge in [0.15, 0.2) is 0 Å². The molecule has 0 atom stereocenters. The van der Waals surface area contributed by atoms with Crippen LogP contribution in [0.3, 0.4) is 0 Å². The highest BCUT2D eigenvalue weighted by Crippen LogP contribution is 2.40. The van der Waals surface area contributed by atoms with E-state index < -0.39 is 5.60 Å². The molecule has 0 radical (unpaired) electrons. The summed E-state index contributed by atoms with van der Waals surface area (Å²) in [6.07, 6.45) is 5.30. The molecule has 0 aromatic carbocycles. The fraction of sp³-hybridized carbons (Fsp3) is 0.650. The van der Waals surface area contributed by atoms with Crippen LogP contribution in [0.15, 0.2) is 0 Å². The molecule has 152 valence electrons.